The zero-order valence-electron chi connectivity index (χ0n) is 19.9. The van der Waals surface area contributed by atoms with Crippen molar-refractivity contribution in [3.63, 3.8) is 0 Å². The van der Waals surface area contributed by atoms with E-state index in [2.05, 4.69) is 25.9 Å². The molecule has 3 aromatic rings. The molecular formula is C22H25F2N7O4S2. The number of rotatable bonds is 8. The number of anilines is 2. The number of pyridine rings is 1. The van der Waals surface area contributed by atoms with Crippen LogP contribution in [0.15, 0.2) is 42.0 Å². The lowest BCUT2D eigenvalue weighted by atomic mass is 10.0. The summed E-state index contributed by atoms with van der Waals surface area (Å²) in [6.07, 6.45) is 3.67. The summed E-state index contributed by atoms with van der Waals surface area (Å²) in [5.41, 5.74) is 1.02. The third-order valence-electron chi connectivity index (χ3n) is 5.74. The van der Waals surface area contributed by atoms with Crippen LogP contribution < -0.4 is 20.9 Å². The van der Waals surface area contributed by atoms with E-state index in [0.29, 0.717) is 23.8 Å². The quantitative estimate of drug-likeness (QED) is 0.383. The maximum Gasteiger partial charge on any atom is 0.280 e. The van der Waals surface area contributed by atoms with Gasteiger partial charge in [0.25, 0.3) is 11.8 Å². The second-order valence-corrected chi connectivity index (χ2v) is 11.2. The lowest BCUT2D eigenvalue weighted by molar-refractivity contribution is -0.115. The van der Waals surface area contributed by atoms with Crippen molar-refractivity contribution in [3.8, 4) is 11.4 Å². The average molecular weight is 554 g/mol. The highest BCUT2D eigenvalue weighted by molar-refractivity contribution is 7.89. The molecule has 15 heteroatoms. The molecule has 1 atom stereocenters. The minimum atomic E-state index is -3.52. The normalized spacial score (nSPS) is 17.4. The average Bonchev–Trinajstić information content (AvgIpc) is 3.52. The summed E-state index contributed by atoms with van der Waals surface area (Å²) < 4.78 is 52.7. The van der Waals surface area contributed by atoms with Gasteiger partial charge in [-0.2, -0.15) is 0 Å². The van der Waals surface area contributed by atoms with Crippen molar-refractivity contribution >= 4 is 44.1 Å². The zero-order chi connectivity index (χ0) is 26.8. The lowest BCUT2D eigenvalue weighted by Gasteiger charge is -2.38. The van der Waals surface area contributed by atoms with Crippen LogP contribution in [0.25, 0.3) is 11.4 Å². The van der Waals surface area contributed by atoms with Crippen LogP contribution in [0.4, 0.5) is 19.7 Å². The Bertz CT molecular complexity index is 1410. The highest BCUT2D eigenvalue weighted by atomic mass is 32.2. The van der Waals surface area contributed by atoms with Crippen molar-refractivity contribution in [1.29, 1.82) is 0 Å². The predicted molar refractivity (Wildman–Crippen MR) is 136 cm³/mol. The van der Waals surface area contributed by atoms with Crippen LogP contribution in [0, 0.1) is 0 Å². The van der Waals surface area contributed by atoms with E-state index in [-0.39, 0.29) is 23.7 Å². The number of hydrogen-bond acceptors (Lipinski definition) is 9. The van der Waals surface area contributed by atoms with Crippen molar-refractivity contribution in [2.75, 3.05) is 43.2 Å². The van der Waals surface area contributed by atoms with E-state index in [1.165, 1.54) is 19.3 Å². The molecule has 0 spiro atoms. The molecule has 1 fully saturated rings. The number of alkyl halides is 2. The number of halogens is 2. The van der Waals surface area contributed by atoms with Crippen molar-refractivity contribution in [2.45, 2.75) is 18.4 Å². The molecule has 4 heterocycles. The van der Waals surface area contributed by atoms with Gasteiger partial charge >= 0.3 is 0 Å². The first-order chi connectivity index (χ1) is 17.5. The number of carbonyl (C=O) groups excluding carboxylic acids is 2. The fourth-order valence-corrected chi connectivity index (χ4v) is 5.13. The summed E-state index contributed by atoms with van der Waals surface area (Å²) >= 11 is 1.15. The van der Waals surface area contributed by atoms with Gasteiger partial charge in [-0.05, 0) is 31.7 Å². The van der Waals surface area contributed by atoms with Gasteiger partial charge in [-0.1, -0.05) is 6.07 Å². The predicted octanol–water partition coefficient (Wildman–Crippen LogP) is 1.62. The molecular weight excluding hydrogens is 528 g/mol. The Morgan fingerprint density at radius 1 is 1.22 bits per heavy atom. The van der Waals surface area contributed by atoms with Crippen LogP contribution in [0.1, 0.15) is 16.8 Å². The van der Waals surface area contributed by atoms with E-state index in [1.807, 2.05) is 0 Å². The minimum Gasteiger partial charge on any atom is -0.350 e. The molecule has 4 rings (SSSR count). The standard InChI is InChI=1S/C22H25F2N7O4S2/c1-25-17-7-8-30(13-22(17,23)24)18-5-3-4-15(27-18)16-12-36-21(28-16)29-19(32)10-26-20(33)14-6-9-31(11-14)37(2,34)35/h3-6,9,11-12,17,25H,7-8,10,13H2,1-2H3,(H,26,33)(H,28,29,32)/t17-/m1/s1. The van der Waals surface area contributed by atoms with Crippen LogP contribution in [-0.4, -0.2) is 79.1 Å². The second-order valence-electron chi connectivity index (χ2n) is 8.46. The van der Waals surface area contributed by atoms with Gasteiger partial charge in [-0.3, -0.25) is 13.6 Å². The Labute approximate surface area is 216 Å². The molecule has 3 N–H and O–H groups in total. The summed E-state index contributed by atoms with van der Waals surface area (Å²) in [6.45, 7) is -0.374. The summed E-state index contributed by atoms with van der Waals surface area (Å²) in [5.74, 6) is -3.62. The summed E-state index contributed by atoms with van der Waals surface area (Å²) in [5, 5.41) is 9.60. The Morgan fingerprint density at radius 2 is 2.00 bits per heavy atom. The van der Waals surface area contributed by atoms with E-state index in [1.54, 1.807) is 28.5 Å². The monoisotopic (exact) mass is 553 g/mol. The zero-order valence-corrected chi connectivity index (χ0v) is 21.6. The topological polar surface area (TPSA) is 138 Å². The van der Waals surface area contributed by atoms with Crippen molar-refractivity contribution < 1.29 is 26.8 Å². The van der Waals surface area contributed by atoms with Gasteiger partial charge in [0.15, 0.2) is 5.13 Å². The first-order valence-corrected chi connectivity index (χ1v) is 13.9. The number of carbonyl (C=O) groups is 2. The smallest absolute Gasteiger partial charge is 0.280 e. The third-order valence-corrected chi connectivity index (χ3v) is 7.49. The molecule has 2 amide bonds. The SMILES string of the molecule is CN[C@@H]1CCN(c2cccc(-c3csc(NC(=O)CNC(=O)c4ccn(S(C)(=O)=O)c4)n3)n2)CC1(F)F. The molecule has 11 nitrogen and oxygen atoms in total. The highest BCUT2D eigenvalue weighted by Crippen LogP contribution is 2.31. The second kappa shape index (κ2) is 10.5. The van der Waals surface area contributed by atoms with Crippen LogP contribution >= 0.6 is 11.3 Å². The molecule has 1 aliphatic rings. The Kier molecular flexibility index (Phi) is 7.57. The molecule has 0 unspecified atom stereocenters. The largest absolute Gasteiger partial charge is 0.350 e. The van der Waals surface area contributed by atoms with Gasteiger partial charge in [-0.15, -0.1) is 11.3 Å². The van der Waals surface area contributed by atoms with E-state index in [9.17, 15) is 26.8 Å². The molecule has 0 bridgehead atoms. The molecule has 1 aliphatic heterocycles. The highest BCUT2D eigenvalue weighted by Gasteiger charge is 2.44. The minimum absolute atomic E-state index is 0.0914. The molecule has 198 valence electrons. The van der Waals surface area contributed by atoms with Crippen LogP contribution in [-0.2, 0) is 14.8 Å². The Morgan fingerprint density at radius 3 is 2.68 bits per heavy atom. The fourth-order valence-electron chi connectivity index (χ4n) is 3.83. The van der Waals surface area contributed by atoms with Gasteiger partial charge in [0.1, 0.15) is 11.5 Å². The maximum absolute atomic E-state index is 14.4. The van der Waals surface area contributed by atoms with Gasteiger partial charge in [0.05, 0.1) is 36.6 Å². The molecule has 37 heavy (non-hydrogen) atoms. The molecule has 0 aromatic carbocycles. The van der Waals surface area contributed by atoms with Crippen LogP contribution in [0.5, 0.6) is 0 Å². The number of piperidine rings is 1. The van der Waals surface area contributed by atoms with Crippen molar-refractivity contribution in [3.05, 3.63) is 47.6 Å². The van der Waals surface area contributed by atoms with Gasteiger partial charge in [0.2, 0.25) is 15.9 Å². The molecule has 0 aliphatic carbocycles. The van der Waals surface area contributed by atoms with E-state index < -0.39 is 40.3 Å². The van der Waals surface area contributed by atoms with E-state index in [4.69, 9.17) is 0 Å². The summed E-state index contributed by atoms with van der Waals surface area (Å²) in [6, 6.07) is 5.53. The number of thiazole rings is 1. The first kappa shape index (κ1) is 26.6. The summed E-state index contributed by atoms with van der Waals surface area (Å²) in [4.78, 5) is 34.8. The third kappa shape index (κ3) is 6.29. The van der Waals surface area contributed by atoms with Crippen LogP contribution in [0.2, 0.25) is 0 Å². The van der Waals surface area contributed by atoms with Gasteiger partial charge in [-0.25, -0.2) is 27.2 Å². The molecule has 1 saturated heterocycles. The van der Waals surface area contributed by atoms with E-state index in [0.717, 1.165) is 27.8 Å². The number of nitrogens with zero attached hydrogens (tertiary/aromatic N) is 4. The molecule has 3 aromatic heterocycles. The van der Waals surface area contributed by atoms with Gasteiger partial charge < -0.3 is 20.9 Å². The number of aromatic nitrogens is 3. The summed E-state index contributed by atoms with van der Waals surface area (Å²) in [7, 11) is -1.99. The Hall–Kier alpha value is -3.43. The van der Waals surface area contributed by atoms with Crippen molar-refractivity contribution in [2.24, 2.45) is 0 Å². The van der Waals surface area contributed by atoms with Crippen LogP contribution in [0.3, 0.4) is 0 Å². The number of nitrogens with one attached hydrogen (secondary N) is 3. The Balaban J connectivity index is 1.35. The van der Waals surface area contributed by atoms with Crippen molar-refractivity contribution in [1.82, 2.24) is 24.6 Å². The molecule has 0 saturated carbocycles. The fraction of sp³-hybridized carbons (Fsp3) is 0.364. The lowest BCUT2D eigenvalue weighted by Crippen LogP contribution is -2.56. The first-order valence-electron chi connectivity index (χ1n) is 11.2. The van der Waals surface area contributed by atoms with Gasteiger partial charge in [0, 0.05) is 24.3 Å². The number of amides is 2. The van der Waals surface area contributed by atoms with E-state index >= 15 is 0 Å². The molecule has 0 radical (unpaired) electrons. The maximum atomic E-state index is 14.4. The number of hydrogen-bond donors (Lipinski definition) is 3.